The lowest BCUT2D eigenvalue weighted by atomic mass is 9.80. The van der Waals surface area contributed by atoms with E-state index in [-0.39, 0.29) is 66.4 Å². The number of nitrogens with zero attached hydrogens (tertiary/aromatic N) is 6. The first-order valence-electron chi connectivity index (χ1n) is 22.6. The van der Waals surface area contributed by atoms with Crippen LogP contribution in [-0.4, -0.2) is 76.4 Å². The van der Waals surface area contributed by atoms with Crippen LogP contribution in [0.1, 0.15) is 78.7 Å². The first-order valence-corrected chi connectivity index (χ1v) is 24.2. The predicted molar refractivity (Wildman–Crippen MR) is 260 cm³/mol. The largest absolute Gasteiger partial charge is 0.471 e. The van der Waals surface area contributed by atoms with Gasteiger partial charge in [0.1, 0.15) is 40.3 Å². The second kappa shape index (κ2) is 18.5. The molecule has 1 spiro atoms. The number of amides is 2. The average molecular weight is 938 g/mol. The highest BCUT2D eigenvalue weighted by Crippen LogP contribution is 2.54. The number of aromatic amines is 1. The summed E-state index contributed by atoms with van der Waals surface area (Å²) >= 11 is 0. The fraction of sp³-hybridized carbons (Fsp3) is 0.280. The minimum Gasteiger partial charge on any atom is -0.471 e. The zero-order chi connectivity index (χ0) is 47.7. The van der Waals surface area contributed by atoms with Crippen LogP contribution in [-0.2, 0) is 33.5 Å². The van der Waals surface area contributed by atoms with Crippen molar-refractivity contribution in [1.82, 2.24) is 29.6 Å². The second-order valence-corrected chi connectivity index (χ2v) is 18.4. The van der Waals surface area contributed by atoms with Gasteiger partial charge in [0.2, 0.25) is 27.8 Å². The molecule has 4 N–H and O–H groups in total. The van der Waals surface area contributed by atoms with Gasteiger partial charge in [-0.1, -0.05) is 48.5 Å². The zero-order valence-electron chi connectivity index (χ0n) is 38.1. The Labute approximate surface area is 392 Å². The van der Waals surface area contributed by atoms with Crippen LogP contribution in [0.25, 0.3) is 27.9 Å². The van der Waals surface area contributed by atoms with E-state index in [9.17, 15) is 22.8 Å². The molecule has 0 aliphatic carbocycles. The van der Waals surface area contributed by atoms with Crippen LogP contribution in [0.2, 0.25) is 0 Å². The van der Waals surface area contributed by atoms with E-state index in [1.807, 2.05) is 82.3 Å². The Bertz CT molecular complexity index is 3270. The number of hydrogen-bond acceptors (Lipinski definition) is 14. The molecular formula is C50H51N9O8S. The molecule has 1 unspecified atom stereocenters. The fourth-order valence-corrected chi connectivity index (χ4v) is 10.8. The van der Waals surface area contributed by atoms with Gasteiger partial charge in [0.05, 0.1) is 12.1 Å². The Morgan fingerprint density at radius 3 is 2.31 bits per heavy atom. The first-order chi connectivity index (χ1) is 32.9. The number of ether oxygens (including phenoxy) is 2. The molecule has 0 fully saturated rings. The Balaban J connectivity index is 0.975. The number of aromatic nitrogens is 4. The van der Waals surface area contributed by atoms with E-state index in [4.69, 9.17) is 19.6 Å². The average Bonchev–Trinajstić information content (AvgIpc) is 3.91. The molecule has 68 heavy (non-hydrogen) atoms. The lowest BCUT2D eigenvalue weighted by molar-refractivity contribution is -0.121. The Morgan fingerprint density at radius 1 is 0.853 bits per heavy atom. The molecule has 0 radical (unpaired) electrons. The topological polar surface area (TPSA) is 219 Å². The van der Waals surface area contributed by atoms with E-state index in [1.54, 1.807) is 42.5 Å². The van der Waals surface area contributed by atoms with Crippen LogP contribution in [0.4, 0.5) is 17.3 Å². The summed E-state index contributed by atoms with van der Waals surface area (Å²) in [4.78, 5) is 61.4. The van der Waals surface area contributed by atoms with Gasteiger partial charge in [-0.3, -0.25) is 9.59 Å². The number of sulfonamides is 1. The Morgan fingerprint density at radius 2 is 1.56 bits per heavy atom. The number of H-pyrrole nitrogens is 1. The van der Waals surface area contributed by atoms with Crippen molar-refractivity contribution < 1.29 is 31.9 Å². The number of anilines is 3. The minimum absolute atomic E-state index is 0.0359. The van der Waals surface area contributed by atoms with Crippen LogP contribution in [0.5, 0.6) is 11.6 Å². The molecule has 1 atom stereocenters. The Hall–Kier alpha value is -7.73. The highest BCUT2D eigenvalue weighted by molar-refractivity contribution is 7.89. The smallest absolute Gasteiger partial charge is 0.347 e. The molecule has 4 aromatic carbocycles. The van der Waals surface area contributed by atoms with Crippen LogP contribution < -0.4 is 35.9 Å². The van der Waals surface area contributed by atoms with E-state index in [1.165, 1.54) is 6.33 Å². The van der Waals surface area contributed by atoms with Crippen molar-refractivity contribution >= 4 is 67.1 Å². The lowest BCUT2D eigenvalue weighted by Crippen LogP contribution is -2.49. The number of fused-ring (bicyclic) bond motifs is 6. The molecule has 2 amide bonds. The molecular weight excluding hydrogens is 887 g/mol. The maximum Gasteiger partial charge on any atom is 0.347 e. The summed E-state index contributed by atoms with van der Waals surface area (Å²) in [5.41, 5.74) is 9.07. The fourth-order valence-electron chi connectivity index (χ4n) is 9.05. The normalized spacial score (nSPS) is 15.3. The van der Waals surface area contributed by atoms with Gasteiger partial charge in [0, 0.05) is 84.7 Å². The third kappa shape index (κ3) is 8.35. The van der Waals surface area contributed by atoms with Crippen molar-refractivity contribution in [1.29, 1.82) is 0 Å². The van der Waals surface area contributed by atoms with Gasteiger partial charge in [-0.15, -0.1) is 0 Å². The van der Waals surface area contributed by atoms with Crippen molar-refractivity contribution in [2.75, 3.05) is 47.5 Å². The highest BCUT2D eigenvalue weighted by atomic mass is 32.2. The maximum atomic E-state index is 14.9. The molecule has 17 nitrogen and oxygen atoms in total. The number of hydrogen-bond donors (Lipinski definition) is 3. The minimum atomic E-state index is -4.48. The van der Waals surface area contributed by atoms with Crippen LogP contribution in [0.15, 0.2) is 113 Å². The van der Waals surface area contributed by atoms with Crippen molar-refractivity contribution in [3.05, 3.63) is 147 Å². The zero-order valence-corrected chi connectivity index (χ0v) is 38.9. The molecule has 0 bridgehead atoms. The molecule has 0 saturated heterocycles. The number of carbonyl (C=O) groups excluding carboxylic acids is 2. The number of nitrogens with one attached hydrogen (secondary N) is 2. The van der Waals surface area contributed by atoms with Gasteiger partial charge in [-0.05, 0) is 81.7 Å². The lowest BCUT2D eigenvalue weighted by Gasteiger charge is -2.40. The van der Waals surface area contributed by atoms with Gasteiger partial charge < -0.3 is 39.7 Å². The van der Waals surface area contributed by atoms with Gasteiger partial charge in [-0.2, -0.15) is 9.97 Å². The van der Waals surface area contributed by atoms with E-state index in [0.717, 1.165) is 39.9 Å². The molecule has 5 heterocycles. The predicted octanol–water partition coefficient (Wildman–Crippen LogP) is 6.87. The Kier molecular flexibility index (Phi) is 12.4. The third-order valence-electron chi connectivity index (χ3n) is 12.5. The van der Waals surface area contributed by atoms with Gasteiger partial charge in [0.25, 0.3) is 5.91 Å². The number of nitrogen functional groups attached to an aromatic ring is 1. The molecule has 9 rings (SSSR count). The summed E-state index contributed by atoms with van der Waals surface area (Å²) in [5.74, 6) is -0.989. The SMILES string of the molecule is CCN(CC)c1ccc2c(c1)OC(c1cc3ccc(N(CC)CC)cc3oc1=O)=CC21c2ccccc2C(=O)N1S(=O)(=O)CCCC(=O)NCc1ccc(COc2nc(N)nc3nc[nH]c23)cc1. The third-order valence-corrected chi connectivity index (χ3v) is 14.3. The molecule has 7 aromatic rings. The van der Waals surface area contributed by atoms with E-state index in [2.05, 4.69) is 35.1 Å². The van der Waals surface area contributed by atoms with E-state index >= 15 is 0 Å². The van der Waals surface area contributed by atoms with E-state index < -0.39 is 32.8 Å². The standard InChI is InChI=1S/C50H51N9O8S/c1-5-57(6-2)34-20-19-33-24-37(48(62)67-40(33)25-34)42-27-50(39-22-21-35(26-41(39)66-42)58(7-3)8-4)38-13-10-9-12-36(38)47(61)59(50)68(63,64)23-11-14-43(60)52-28-31-15-17-32(18-16-31)29-65-46-44-45(54-30-53-44)55-49(51)56-46/h9-10,12-13,15-22,24-27,30H,5-8,11,14,23,28-29H2,1-4H3,(H,52,60)(H3,51,53,54,55,56). The number of nitrogens with two attached hydrogens (primary N) is 1. The van der Waals surface area contributed by atoms with Crippen LogP contribution in [0.3, 0.4) is 0 Å². The molecule has 2 aliphatic rings. The van der Waals surface area contributed by atoms with Crippen molar-refractivity contribution in [3.63, 3.8) is 0 Å². The van der Waals surface area contributed by atoms with Crippen molar-refractivity contribution in [3.8, 4) is 11.6 Å². The maximum absolute atomic E-state index is 14.9. The van der Waals surface area contributed by atoms with Gasteiger partial charge in [-0.25, -0.2) is 22.5 Å². The molecule has 18 heteroatoms. The van der Waals surface area contributed by atoms with E-state index in [0.29, 0.717) is 46.3 Å². The van der Waals surface area contributed by atoms with Crippen LogP contribution in [0, 0.1) is 0 Å². The number of carbonyl (C=O) groups is 2. The van der Waals surface area contributed by atoms with Crippen molar-refractivity contribution in [2.45, 2.75) is 59.2 Å². The summed E-state index contributed by atoms with van der Waals surface area (Å²) in [5, 5.41) is 3.50. The van der Waals surface area contributed by atoms with Gasteiger partial charge >= 0.3 is 5.63 Å². The van der Waals surface area contributed by atoms with Crippen LogP contribution >= 0.6 is 0 Å². The summed E-state index contributed by atoms with van der Waals surface area (Å²) in [7, 11) is -4.48. The first kappa shape index (κ1) is 45.4. The summed E-state index contributed by atoms with van der Waals surface area (Å²) in [6.07, 6.45) is 2.82. The number of rotatable bonds is 17. The van der Waals surface area contributed by atoms with Gasteiger partial charge in [0.15, 0.2) is 5.65 Å². The highest BCUT2D eigenvalue weighted by Gasteiger charge is 2.57. The number of imidazole rings is 1. The molecule has 0 saturated carbocycles. The number of benzene rings is 4. The molecule has 3 aromatic heterocycles. The monoisotopic (exact) mass is 937 g/mol. The molecule has 350 valence electrons. The quantitative estimate of drug-likeness (QED) is 0.0794. The van der Waals surface area contributed by atoms with Crippen molar-refractivity contribution in [2.24, 2.45) is 0 Å². The summed E-state index contributed by atoms with van der Waals surface area (Å²) in [6, 6.07) is 27.0. The summed E-state index contributed by atoms with van der Waals surface area (Å²) < 4.78 is 49.1. The molecule has 2 aliphatic heterocycles. The summed E-state index contributed by atoms with van der Waals surface area (Å²) in [6.45, 7) is 11.4. The second-order valence-electron chi connectivity index (χ2n) is 16.5.